The molecule has 7 heteroatoms. The summed E-state index contributed by atoms with van der Waals surface area (Å²) in [5, 5.41) is 0. The number of benzene rings is 3. The fraction of sp³-hybridized carbons (Fsp3) is 0.200. The fourth-order valence-electron chi connectivity index (χ4n) is 3.85. The van der Waals surface area contributed by atoms with Crippen molar-refractivity contribution in [3.05, 3.63) is 108 Å². The first-order valence-corrected chi connectivity index (χ1v) is 12.1. The van der Waals surface area contributed by atoms with Crippen LogP contribution in [-0.4, -0.2) is 48.8 Å². The molecule has 1 saturated heterocycles. The molecule has 6 nitrogen and oxygen atoms in total. The van der Waals surface area contributed by atoms with Crippen LogP contribution in [0.5, 0.6) is 0 Å². The zero-order valence-corrected chi connectivity index (χ0v) is 18.1. The highest BCUT2D eigenvalue weighted by molar-refractivity contribution is 7.91. The lowest BCUT2D eigenvalue weighted by Crippen LogP contribution is -2.47. The predicted octanol–water partition coefficient (Wildman–Crippen LogP) is 3.35. The van der Waals surface area contributed by atoms with Gasteiger partial charge in [-0.1, -0.05) is 66.7 Å². The molecule has 3 aromatic carbocycles. The van der Waals surface area contributed by atoms with E-state index in [-0.39, 0.29) is 24.0 Å². The van der Waals surface area contributed by atoms with Gasteiger partial charge in [-0.2, -0.15) is 0 Å². The molecule has 1 fully saturated rings. The number of nitrogens with zero attached hydrogens (tertiary/aromatic N) is 1. The Kier molecular flexibility index (Phi) is 6.37. The summed E-state index contributed by atoms with van der Waals surface area (Å²) >= 11 is 0. The zero-order chi connectivity index (χ0) is 22.6. The Morgan fingerprint density at radius 3 is 1.91 bits per heavy atom. The Balaban J connectivity index is 1.66. The van der Waals surface area contributed by atoms with E-state index < -0.39 is 28.0 Å². The summed E-state index contributed by atoms with van der Waals surface area (Å²) in [5.74, 6) is -1.49. The third-order valence-corrected chi connectivity index (χ3v) is 7.10. The fourth-order valence-corrected chi connectivity index (χ4v) is 5.69. The number of esters is 1. The van der Waals surface area contributed by atoms with Crippen LogP contribution in [0.1, 0.15) is 26.3 Å². The first-order chi connectivity index (χ1) is 15.4. The van der Waals surface area contributed by atoms with E-state index in [2.05, 4.69) is 0 Å². The average molecular weight is 450 g/mol. The number of rotatable bonds is 6. The van der Waals surface area contributed by atoms with Crippen molar-refractivity contribution in [2.45, 2.75) is 18.7 Å². The maximum atomic E-state index is 13.4. The molecule has 2 atom stereocenters. The van der Waals surface area contributed by atoms with Crippen LogP contribution in [0, 0.1) is 0 Å². The zero-order valence-electron chi connectivity index (χ0n) is 17.3. The van der Waals surface area contributed by atoms with Gasteiger partial charge >= 0.3 is 5.97 Å². The van der Waals surface area contributed by atoms with E-state index in [0.717, 1.165) is 5.56 Å². The van der Waals surface area contributed by atoms with E-state index in [1.807, 2.05) is 36.4 Å². The number of hydrogen-bond acceptors (Lipinski definition) is 5. The van der Waals surface area contributed by atoms with E-state index in [1.165, 1.54) is 4.90 Å². The van der Waals surface area contributed by atoms with Gasteiger partial charge in [-0.05, 0) is 29.8 Å². The molecule has 0 bridgehead atoms. The molecule has 3 aromatic rings. The molecule has 1 amide bonds. The van der Waals surface area contributed by atoms with Crippen LogP contribution in [0.3, 0.4) is 0 Å². The Bertz CT molecular complexity index is 1180. The molecule has 0 spiro atoms. The number of sulfone groups is 1. The van der Waals surface area contributed by atoms with Gasteiger partial charge in [0, 0.05) is 12.1 Å². The van der Waals surface area contributed by atoms with Crippen molar-refractivity contribution < 1.29 is 22.7 Å². The largest absolute Gasteiger partial charge is 0.455 e. The molecule has 4 rings (SSSR count). The molecule has 164 valence electrons. The smallest absolute Gasteiger partial charge is 0.338 e. The minimum Gasteiger partial charge on any atom is -0.455 e. The lowest BCUT2D eigenvalue weighted by atomic mass is 10.1. The highest BCUT2D eigenvalue weighted by Crippen LogP contribution is 2.26. The number of carbonyl (C=O) groups excluding carboxylic acids is 2. The molecule has 0 radical (unpaired) electrons. The molecule has 1 heterocycles. The molecule has 0 saturated carbocycles. The lowest BCUT2D eigenvalue weighted by Gasteiger charge is -2.32. The molecule has 0 unspecified atom stereocenters. The van der Waals surface area contributed by atoms with Crippen LogP contribution in [0.4, 0.5) is 0 Å². The Hall–Kier alpha value is -3.45. The molecule has 0 aromatic heterocycles. The number of carbonyl (C=O) groups is 2. The maximum absolute atomic E-state index is 13.4. The van der Waals surface area contributed by atoms with E-state index in [9.17, 15) is 18.0 Å². The van der Waals surface area contributed by atoms with E-state index in [0.29, 0.717) is 11.1 Å². The second-order valence-corrected chi connectivity index (χ2v) is 9.89. The van der Waals surface area contributed by atoms with Crippen molar-refractivity contribution in [2.24, 2.45) is 0 Å². The molecule has 1 aliphatic heterocycles. The van der Waals surface area contributed by atoms with Crippen LogP contribution in [-0.2, 0) is 21.1 Å². The van der Waals surface area contributed by atoms with Gasteiger partial charge in [-0.15, -0.1) is 0 Å². The molecule has 1 aliphatic rings. The summed E-state index contributed by atoms with van der Waals surface area (Å²) in [4.78, 5) is 27.6. The van der Waals surface area contributed by atoms with Crippen molar-refractivity contribution in [1.29, 1.82) is 0 Å². The van der Waals surface area contributed by atoms with Crippen LogP contribution in [0.2, 0.25) is 0 Å². The minimum atomic E-state index is -3.50. The van der Waals surface area contributed by atoms with E-state index in [1.54, 1.807) is 54.6 Å². The number of ether oxygens (including phenoxy) is 1. The molecular formula is C25H23NO5S. The summed E-state index contributed by atoms with van der Waals surface area (Å²) in [5.41, 5.74) is 1.63. The maximum Gasteiger partial charge on any atom is 0.338 e. The van der Waals surface area contributed by atoms with Crippen molar-refractivity contribution in [3.63, 3.8) is 0 Å². The van der Waals surface area contributed by atoms with Gasteiger partial charge in [0.05, 0.1) is 23.1 Å². The molecule has 0 aliphatic carbocycles. The van der Waals surface area contributed by atoms with E-state index >= 15 is 0 Å². The summed E-state index contributed by atoms with van der Waals surface area (Å²) in [6.45, 7) is 0.203. The topological polar surface area (TPSA) is 80.8 Å². The van der Waals surface area contributed by atoms with Gasteiger partial charge in [0.15, 0.2) is 9.84 Å². The summed E-state index contributed by atoms with van der Waals surface area (Å²) in [6.07, 6.45) is -0.955. The van der Waals surface area contributed by atoms with Crippen molar-refractivity contribution >= 4 is 21.7 Å². The van der Waals surface area contributed by atoms with Crippen molar-refractivity contribution in [1.82, 2.24) is 4.90 Å². The first-order valence-electron chi connectivity index (χ1n) is 10.3. The highest BCUT2D eigenvalue weighted by Gasteiger charge is 2.45. The van der Waals surface area contributed by atoms with Gasteiger partial charge in [0.2, 0.25) is 0 Å². The van der Waals surface area contributed by atoms with Gasteiger partial charge in [-0.3, -0.25) is 4.79 Å². The second-order valence-electron chi connectivity index (χ2n) is 7.74. The standard InChI is InChI=1S/C25H23NO5S/c27-24(20-12-6-2-7-13-20)26(16-19-10-4-1-5-11-19)22-17-32(29,30)18-23(22)31-25(28)21-14-8-3-9-15-21/h1-15,22-23H,16-18H2/t22-,23-/m0/s1. The van der Waals surface area contributed by atoms with Crippen molar-refractivity contribution in [3.8, 4) is 0 Å². The lowest BCUT2D eigenvalue weighted by molar-refractivity contribution is 0.0118. The van der Waals surface area contributed by atoms with Gasteiger partial charge in [0.25, 0.3) is 5.91 Å². The van der Waals surface area contributed by atoms with Crippen LogP contribution in [0.25, 0.3) is 0 Å². The van der Waals surface area contributed by atoms with Crippen LogP contribution < -0.4 is 0 Å². The number of amides is 1. The van der Waals surface area contributed by atoms with Gasteiger partial charge in [-0.25, -0.2) is 13.2 Å². The minimum absolute atomic E-state index is 0.203. The molecular weight excluding hydrogens is 426 g/mol. The molecule has 32 heavy (non-hydrogen) atoms. The Morgan fingerprint density at radius 1 is 0.781 bits per heavy atom. The predicted molar refractivity (Wildman–Crippen MR) is 121 cm³/mol. The Morgan fingerprint density at radius 2 is 1.31 bits per heavy atom. The summed E-state index contributed by atoms with van der Waals surface area (Å²) in [6, 6.07) is 25.7. The normalized spacial score (nSPS) is 19.2. The number of hydrogen-bond donors (Lipinski definition) is 0. The first kappa shape index (κ1) is 21.8. The summed E-state index contributed by atoms with van der Waals surface area (Å²) < 4.78 is 30.8. The van der Waals surface area contributed by atoms with Crippen LogP contribution in [0.15, 0.2) is 91.0 Å². The summed E-state index contributed by atoms with van der Waals surface area (Å²) in [7, 11) is -3.50. The monoisotopic (exact) mass is 449 g/mol. The van der Waals surface area contributed by atoms with Gasteiger partial charge < -0.3 is 9.64 Å². The molecule has 0 N–H and O–H groups in total. The second kappa shape index (κ2) is 9.36. The Labute approximate surface area is 187 Å². The SMILES string of the molecule is O=C(O[C@H]1CS(=O)(=O)C[C@@H]1N(Cc1ccccc1)C(=O)c1ccccc1)c1ccccc1. The highest BCUT2D eigenvalue weighted by atomic mass is 32.2. The van der Waals surface area contributed by atoms with Crippen LogP contribution >= 0.6 is 0 Å². The quantitative estimate of drug-likeness (QED) is 0.539. The third-order valence-electron chi connectivity index (χ3n) is 5.42. The van der Waals surface area contributed by atoms with E-state index in [4.69, 9.17) is 4.74 Å². The average Bonchev–Trinajstić information content (AvgIpc) is 3.12. The van der Waals surface area contributed by atoms with Gasteiger partial charge in [0.1, 0.15) is 6.10 Å². The van der Waals surface area contributed by atoms with Crippen molar-refractivity contribution in [2.75, 3.05) is 11.5 Å². The third kappa shape index (κ3) is 5.06.